The van der Waals surface area contributed by atoms with Crippen LogP contribution < -0.4 is 10.5 Å². The fourth-order valence-electron chi connectivity index (χ4n) is 1.59. The van der Waals surface area contributed by atoms with E-state index in [1.807, 2.05) is 36.9 Å². The molecule has 2 aromatic heterocycles. The van der Waals surface area contributed by atoms with Crippen LogP contribution in [-0.2, 0) is 6.54 Å². The van der Waals surface area contributed by atoms with Crippen molar-refractivity contribution < 1.29 is 4.74 Å². The molecule has 0 saturated heterocycles. The summed E-state index contributed by atoms with van der Waals surface area (Å²) in [5.41, 5.74) is 6.79. The number of nitrogens with zero attached hydrogens (tertiary/aromatic N) is 3. The van der Waals surface area contributed by atoms with Crippen molar-refractivity contribution in [3.63, 3.8) is 0 Å². The standard InChI is InChI=1S/C13H18N4O/c1-3-12(14)13-6-5-10(7-15-13)18-11-8-16-17(4-2)9-11/h5-9,12H,3-4,14H2,1-2H3. The van der Waals surface area contributed by atoms with Gasteiger partial charge in [0.25, 0.3) is 0 Å². The molecule has 2 heterocycles. The molecule has 0 radical (unpaired) electrons. The molecule has 0 amide bonds. The van der Waals surface area contributed by atoms with Crippen molar-refractivity contribution >= 4 is 0 Å². The Kier molecular flexibility index (Phi) is 3.94. The summed E-state index contributed by atoms with van der Waals surface area (Å²) in [5.74, 6) is 1.41. The zero-order valence-electron chi connectivity index (χ0n) is 10.7. The first-order valence-electron chi connectivity index (χ1n) is 6.14. The first-order valence-corrected chi connectivity index (χ1v) is 6.14. The van der Waals surface area contributed by atoms with Gasteiger partial charge >= 0.3 is 0 Å². The fourth-order valence-corrected chi connectivity index (χ4v) is 1.59. The minimum absolute atomic E-state index is 0.0121. The van der Waals surface area contributed by atoms with E-state index in [1.165, 1.54) is 0 Å². The molecule has 1 atom stereocenters. The molecule has 0 bridgehead atoms. The maximum atomic E-state index is 5.90. The van der Waals surface area contributed by atoms with Crippen LogP contribution >= 0.6 is 0 Å². The highest BCUT2D eigenvalue weighted by Crippen LogP contribution is 2.21. The van der Waals surface area contributed by atoms with E-state index in [9.17, 15) is 0 Å². The second-order valence-electron chi connectivity index (χ2n) is 4.07. The van der Waals surface area contributed by atoms with Gasteiger partial charge < -0.3 is 10.5 Å². The summed E-state index contributed by atoms with van der Waals surface area (Å²) in [6.45, 7) is 4.89. The van der Waals surface area contributed by atoms with Crippen molar-refractivity contribution in [2.75, 3.05) is 0 Å². The molecule has 0 spiro atoms. The Bertz CT molecular complexity index is 492. The lowest BCUT2D eigenvalue weighted by atomic mass is 10.1. The molecule has 2 N–H and O–H groups in total. The lowest BCUT2D eigenvalue weighted by Crippen LogP contribution is -2.10. The van der Waals surface area contributed by atoms with E-state index in [2.05, 4.69) is 10.1 Å². The molecular weight excluding hydrogens is 228 g/mol. The summed E-state index contributed by atoms with van der Waals surface area (Å²) in [5, 5.41) is 4.14. The van der Waals surface area contributed by atoms with Crippen LogP contribution in [-0.4, -0.2) is 14.8 Å². The van der Waals surface area contributed by atoms with Crippen molar-refractivity contribution in [1.82, 2.24) is 14.8 Å². The molecule has 2 aromatic rings. The second-order valence-corrected chi connectivity index (χ2v) is 4.07. The zero-order chi connectivity index (χ0) is 13.0. The molecule has 0 aliphatic rings. The van der Waals surface area contributed by atoms with Gasteiger partial charge in [-0.05, 0) is 25.5 Å². The molecule has 0 aromatic carbocycles. The summed E-state index contributed by atoms with van der Waals surface area (Å²) >= 11 is 0. The molecule has 0 aliphatic heterocycles. The van der Waals surface area contributed by atoms with Gasteiger partial charge in [-0.1, -0.05) is 6.92 Å². The summed E-state index contributed by atoms with van der Waals surface area (Å²) in [6.07, 6.45) is 6.10. The van der Waals surface area contributed by atoms with Crippen LogP contribution in [0, 0.1) is 0 Å². The highest BCUT2D eigenvalue weighted by molar-refractivity contribution is 5.27. The van der Waals surface area contributed by atoms with Gasteiger partial charge in [-0.2, -0.15) is 5.10 Å². The molecule has 5 heteroatoms. The van der Waals surface area contributed by atoms with Crippen LogP contribution in [0.5, 0.6) is 11.5 Å². The van der Waals surface area contributed by atoms with Crippen molar-refractivity contribution in [3.05, 3.63) is 36.4 Å². The van der Waals surface area contributed by atoms with E-state index in [4.69, 9.17) is 10.5 Å². The third kappa shape index (κ3) is 2.87. The average Bonchev–Trinajstić information content (AvgIpc) is 2.86. The van der Waals surface area contributed by atoms with Crippen LogP contribution in [0.15, 0.2) is 30.7 Å². The van der Waals surface area contributed by atoms with Gasteiger partial charge in [0.1, 0.15) is 5.75 Å². The molecule has 0 aliphatic carbocycles. The molecule has 5 nitrogen and oxygen atoms in total. The number of pyridine rings is 1. The summed E-state index contributed by atoms with van der Waals surface area (Å²) in [6, 6.07) is 3.76. The van der Waals surface area contributed by atoms with Crippen molar-refractivity contribution in [2.45, 2.75) is 32.9 Å². The number of aryl methyl sites for hydroxylation is 1. The number of nitrogens with two attached hydrogens (primary N) is 1. The van der Waals surface area contributed by atoms with E-state index in [0.717, 1.165) is 18.7 Å². The maximum Gasteiger partial charge on any atom is 0.165 e. The minimum atomic E-state index is -0.0121. The van der Waals surface area contributed by atoms with Gasteiger partial charge in [-0.15, -0.1) is 0 Å². The fraction of sp³-hybridized carbons (Fsp3) is 0.385. The first kappa shape index (κ1) is 12.6. The normalized spacial score (nSPS) is 12.4. The van der Waals surface area contributed by atoms with E-state index in [0.29, 0.717) is 11.5 Å². The summed E-state index contributed by atoms with van der Waals surface area (Å²) < 4.78 is 7.45. The van der Waals surface area contributed by atoms with E-state index < -0.39 is 0 Å². The number of ether oxygens (including phenoxy) is 1. The van der Waals surface area contributed by atoms with Crippen LogP contribution in [0.25, 0.3) is 0 Å². The van der Waals surface area contributed by atoms with E-state index >= 15 is 0 Å². The highest BCUT2D eigenvalue weighted by Gasteiger charge is 2.06. The Hall–Kier alpha value is -1.88. The maximum absolute atomic E-state index is 5.90. The van der Waals surface area contributed by atoms with Gasteiger partial charge in [0, 0.05) is 12.6 Å². The Balaban J connectivity index is 2.06. The Morgan fingerprint density at radius 1 is 1.28 bits per heavy atom. The first-order chi connectivity index (χ1) is 8.72. The second kappa shape index (κ2) is 5.64. The monoisotopic (exact) mass is 246 g/mol. The average molecular weight is 246 g/mol. The number of aromatic nitrogens is 3. The molecule has 96 valence electrons. The van der Waals surface area contributed by atoms with Gasteiger partial charge in [0.15, 0.2) is 5.75 Å². The van der Waals surface area contributed by atoms with Gasteiger partial charge in [0.05, 0.1) is 24.3 Å². The van der Waals surface area contributed by atoms with Gasteiger partial charge in [-0.3, -0.25) is 9.67 Å². The van der Waals surface area contributed by atoms with Gasteiger partial charge in [0.2, 0.25) is 0 Å². The number of hydrogen-bond donors (Lipinski definition) is 1. The lowest BCUT2D eigenvalue weighted by Gasteiger charge is -2.08. The molecule has 0 fully saturated rings. The van der Waals surface area contributed by atoms with Crippen molar-refractivity contribution in [1.29, 1.82) is 0 Å². The van der Waals surface area contributed by atoms with E-state index in [1.54, 1.807) is 12.4 Å². The largest absolute Gasteiger partial charge is 0.452 e. The summed E-state index contributed by atoms with van der Waals surface area (Å²) in [4.78, 5) is 4.30. The molecular formula is C13H18N4O. The number of rotatable bonds is 5. The molecule has 2 rings (SSSR count). The third-order valence-electron chi connectivity index (χ3n) is 2.75. The topological polar surface area (TPSA) is 66.0 Å². The quantitative estimate of drug-likeness (QED) is 0.880. The number of hydrogen-bond acceptors (Lipinski definition) is 4. The van der Waals surface area contributed by atoms with Crippen LogP contribution in [0.2, 0.25) is 0 Å². The van der Waals surface area contributed by atoms with E-state index in [-0.39, 0.29) is 6.04 Å². The van der Waals surface area contributed by atoms with Crippen LogP contribution in [0.4, 0.5) is 0 Å². The highest BCUT2D eigenvalue weighted by atomic mass is 16.5. The molecule has 18 heavy (non-hydrogen) atoms. The zero-order valence-corrected chi connectivity index (χ0v) is 10.7. The molecule has 0 saturated carbocycles. The summed E-state index contributed by atoms with van der Waals surface area (Å²) in [7, 11) is 0. The lowest BCUT2D eigenvalue weighted by molar-refractivity contribution is 0.477. The third-order valence-corrected chi connectivity index (χ3v) is 2.75. The SMILES string of the molecule is CCC(N)c1ccc(Oc2cnn(CC)c2)cn1. The Morgan fingerprint density at radius 3 is 2.67 bits per heavy atom. The van der Waals surface area contributed by atoms with Crippen LogP contribution in [0.1, 0.15) is 32.0 Å². The predicted octanol–water partition coefficient (Wildman–Crippen LogP) is 2.50. The van der Waals surface area contributed by atoms with Gasteiger partial charge in [-0.25, -0.2) is 0 Å². The van der Waals surface area contributed by atoms with Crippen molar-refractivity contribution in [2.24, 2.45) is 5.73 Å². The minimum Gasteiger partial charge on any atom is -0.452 e. The Morgan fingerprint density at radius 2 is 2.11 bits per heavy atom. The van der Waals surface area contributed by atoms with Crippen LogP contribution in [0.3, 0.4) is 0 Å². The Labute approximate surface area is 107 Å². The predicted molar refractivity (Wildman–Crippen MR) is 69.4 cm³/mol. The smallest absolute Gasteiger partial charge is 0.165 e. The van der Waals surface area contributed by atoms with Crippen molar-refractivity contribution in [3.8, 4) is 11.5 Å². The molecule has 1 unspecified atom stereocenters.